The van der Waals surface area contributed by atoms with Crippen LogP contribution < -0.4 is 0 Å². The maximum absolute atomic E-state index is 7.89. The van der Waals surface area contributed by atoms with Crippen molar-refractivity contribution in [1.82, 2.24) is 0 Å². The molecule has 0 spiro atoms. The van der Waals surface area contributed by atoms with Crippen LogP contribution in [0.5, 0.6) is 0 Å². The number of hydrogen-bond donors (Lipinski definition) is 1. The zero-order valence-corrected chi connectivity index (χ0v) is 8.23. The second-order valence-corrected chi connectivity index (χ2v) is 3.96. The van der Waals surface area contributed by atoms with E-state index in [0.717, 1.165) is 12.1 Å². The second-order valence-electron chi connectivity index (χ2n) is 3.96. The van der Waals surface area contributed by atoms with Crippen LogP contribution in [0.4, 0.5) is 0 Å². The van der Waals surface area contributed by atoms with E-state index in [2.05, 4.69) is 6.92 Å². The molecule has 0 saturated heterocycles. The number of nitrogens with one attached hydrogen (secondary N) is 1. The number of hydrogen-bond acceptors (Lipinski definition) is 1. The average molecular weight is 167 g/mol. The highest BCUT2D eigenvalue weighted by Crippen LogP contribution is 2.25. The summed E-state index contributed by atoms with van der Waals surface area (Å²) in [5.74, 6) is 0.658. The standard InChI is InChI=1S/C11H21N/c1-2-3-9-11(12)10-7-5-4-6-8-10/h10,12H,2-9H2,1H3. The lowest BCUT2D eigenvalue weighted by atomic mass is 9.84. The Bertz CT molecular complexity index is 134. The monoisotopic (exact) mass is 167 g/mol. The maximum Gasteiger partial charge on any atom is 0.0120 e. The molecule has 0 aromatic rings. The molecule has 0 radical (unpaired) electrons. The van der Waals surface area contributed by atoms with Gasteiger partial charge in [-0.1, -0.05) is 32.6 Å². The van der Waals surface area contributed by atoms with Gasteiger partial charge < -0.3 is 5.41 Å². The molecule has 0 atom stereocenters. The first kappa shape index (κ1) is 9.76. The van der Waals surface area contributed by atoms with Crippen LogP contribution in [0, 0.1) is 11.3 Å². The van der Waals surface area contributed by atoms with E-state index in [1.807, 2.05) is 0 Å². The van der Waals surface area contributed by atoms with E-state index in [4.69, 9.17) is 5.41 Å². The van der Waals surface area contributed by atoms with Gasteiger partial charge >= 0.3 is 0 Å². The van der Waals surface area contributed by atoms with E-state index in [9.17, 15) is 0 Å². The molecule has 0 heterocycles. The summed E-state index contributed by atoms with van der Waals surface area (Å²) in [6.45, 7) is 2.20. The van der Waals surface area contributed by atoms with Gasteiger partial charge in [-0.05, 0) is 31.6 Å². The predicted octanol–water partition coefficient (Wildman–Crippen LogP) is 3.78. The molecule has 1 heteroatoms. The Labute approximate surface area is 76.1 Å². The zero-order valence-electron chi connectivity index (χ0n) is 8.23. The second kappa shape index (κ2) is 5.34. The first-order valence-electron chi connectivity index (χ1n) is 5.42. The molecule has 1 nitrogen and oxygen atoms in total. The predicted molar refractivity (Wildman–Crippen MR) is 53.8 cm³/mol. The third-order valence-electron chi connectivity index (χ3n) is 2.90. The van der Waals surface area contributed by atoms with Gasteiger partial charge in [-0.25, -0.2) is 0 Å². The van der Waals surface area contributed by atoms with Crippen molar-refractivity contribution >= 4 is 5.71 Å². The van der Waals surface area contributed by atoms with Gasteiger partial charge in [0.25, 0.3) is 0 Å². The van der Waals surface area contributed by atoms with E-state index < -0.39 is 0 Å². The van der Waals surface area contributed by atoms with Crippen molar-refractivity contribution in [1.29, 1.82) is 5.41 Å². The Morgan fingerprint density at radius 3 is 2.50 bits per heavy atom. The van der Waals surface area contributed by atoms with Crippen LogP contribution in [0.2, 0.25) is 0 Å². The molecule has 1 rings (SSSR count). The molecule has 0 aromatic carbocycles. The molecule has 1 fully saturated rings. The van der Waals surface area contributed by atoms with Gasteiger partial charge in [-0.15, -0.1) is 0 Å². The minimum absolute atomic E-state index is 0.658. The van der Waals surface area contributed by atoms with Gasteiger partial charge in [-0.3, -0.25) is 0 Å². The lowest BCUT2D eigenvalue weighted by Crippen LogP contribution is -2.16. The van der Waals surface area contributed by atoms with Crippen LogP contribution in [0.3, 0.4) is 0 Å². The van der Waals surface area contributed by atoms with Crippen molar-refractivity contribution in [3.05, 3.63) is 0 Å². The molecular weight excluding hydrogens is 146 g/mol. The van der Waals surface area contributed by atoms with E-state index in [0.29, 0.717) is 5.92 Å². The van der Waals surface area contributed by atoms with Crippen LogP contribution >= 0.6 is 0 Å². The molecule has 0 aliphatic heterocycles. The molecule has 0 aromatic heterocycles. The van der Waals surface area contributed by atoms with E-state index in [1.54, 1.807) is 0 Å². The molecule has 1 aliphatic carbocycles. The summed E-state index contributed by atoms with van der Waals surface area (Å²) in [7, 11) is 0. The van der Waals surface area contributed by atoms with Crippen molar-refractivity contribution < 1.29 is 0 Å². The van der Waals surface area contributed by atoms with E-state index in [1.165, 1.54) is 44.9 Å². The van der Waals surface area contributed by atoms with Crippen molar-refractivity contribution in [2.24, 2.45) is 5.92 Å². The van der Waals surface area contributed by atoms with E-state index in [-0.39, 0.29) is 0 Å². The van der Waals surface area contributed by atoms with Gasteiger partial charge in [0.15, 0.2) is 0 Å². The van der Waals surface area contributed by atoms with Gasteiger partial charge in [0.2, 0.25) is 0 Å². The Kier molecular flexibility index (Phi) is 4.34. The summed E-state index contributed by atoms with van der Waals surface area (Å²) >= 11 is 0. The highest BCUT2D eigenvalue weighted by molar-refractivity contribution is 5.83. The molecule has 1 saturated carbocycles. The topological polar surface area (TPSA) is 23.9 Å². The van der Waals surface area contributed by atoms with Gasteiger partial charge in [0.05, 0.1) is 0 Å². The summed E-state index contributed by atoms with van der Waals surface area (Å²) in [4.78, 5) is 0. The van der Waals surface area contributed by atoms with Gasteiger partial charge in [0, 0.05) is 5.71 Å². The zero-order chi connectivity index (χ0) is 8.81. The van der Waals surface area contributed by atoms with Crippen LogP contribution in [0.25, 0.3) is 0 Å². The molecule has 1 N–H and O–H groups in total. The number of unbranched alkanes of at least 4 members (excludes halogenated alkanes) is 1. The molecule has 0 bridgehead atoms. The van der Waals surface area contributed by atoms with Crippen molar-refractivity contribution in [2.75, 3.05) is 0 Å². The van der Waals surface area contributed by atoms with Gasteiger partial charge in [-0.2, -0.15) is 0 Å². The fourth-order valence-corrected chi connectivity index (χ4v) is 2.02. The first-order valence-corrected chi connectivity index (χ1v) is 5.42. The largest absolute Gasteiger partial charge is 0.309 e. The highest BCUT2D eigenvalue weighted by atomic mass is 14.4. The SMILES string of the molecule is CCCCC(=N)C1CCCCC1. The lowest BCUT2D eigenvalue weighted by molar-refractivity contribution is 0.433. The summed E-state index contributed by atoms with van der Waals surface area (Å²) in [5.41, 5.74) is 1.04. The molecule has 1 aliphatic rings. The summed E-state index contributed by atoms with van der Waals surface area (Å²) in [6.07, 6.45) is 10.2. The lowest BCUT2D eigenvalue weighted by Gasteiger charge is -2.22. The molecule has 0 unspecified atom stereocenters. The molecule has 12 heavy (non-hydrogen) atoms. The van der Waals surface area contributed by atoms with Crippen LogP contribution in [-0.4, -0.2) is 5.71 Å². The quantitative estimate of drug-likeness (QED) is 0.616. The minimum Gasteiger partial charge on any atom is -0.309 e. The van der Waals surface area contributed by atoms with Gasteiger partial charge in [0.1, 0.15) is 0 Å². The summed E-state index contributed by atoms with van der Waals surface area (Å²) in [5, 5.41) is 7.89. The third-order valence-corrected chi connectivity index (χ3v) is 2.90. The number of rotatable bonds is 4. The fraction of sp³-hybridized carbons (Fsp3) is 0.909. The van der Waals surface area contributed by atoms with Crippen molar-refractivity contribution in [2.45, 2.75) is 58.3 Å². The van der Waals surface area contributed by atoms with Crippen LogP contribution in [-0.2, 0) is 0 Å². The van der Waals surface area contributed by atoms with E-state index >= 15 is 0 Å². The summed E-state index contributed by atoms with van der Waals surface area (Å²) in [6, 6.07) is 0. The Balaban J connectivity index is 2.20. The average Bonchev–Trinajstić information content (AvgIpc) is 2.15. The molecule has 70 valence electrons. The normalized spacial score (nSPS) is 19.4. The van der Waals surface area contributed by atoms with Crippen LogP contribution in [0.1, 0.15) is 58.3 Å². The molecular formula is C11H21N. The fourth-order valence-electron chi connectivity index (χ4n) is 2.02. The molecule has 0 amide bonds. The highest BCUT2D eigenvalue weighted by Gasteiger charge is 2.16. The first-order chi connectivity index (χ1) is 5.84. The minimum atomic E-state index is 0.658. The Hall–Kier alpha value is -0.330. The summed E-state index contributed by atoms with van der Waals surface area (Å²) < 4.78 is 0. The van der Waals surface area contributed by atoms with Crippen LogP contribution in [0.15, 0.2) is 0 Å². The van der Waals surface area contributed by atoms with Crippen molar-refractivity contribution in [3.8, 4) is 0 Å². The third kappa shape index (κ3) is 2.96. The van der Waals surface area contributed by atoms with Crippen molar-refractivity contribution in [3.63, 3.8) is 0 Å². The Morgan fingerprint density at radius 1 is 1.25 bits per heavy atom. The maximum atomic E-state index is 7.89. The Morgan fingerprint density at radius 2 is 1.92 bits per heavy atom. The smallest absolute Gasteiger partial charge is 0.0120 e.